The quantitative estimate of drug-likeness (QED) is 0.487. The molecule has 0 amide bonds. The van der Waals surface area contributed by atoms with Crippen LogP contribution in [0.1, 0.15) is 19.3 Å². The van der Waals surface area contributed by atoms with Gasteiger partial charge in [0.2, 0.25) is 0 Å². The fourth-order valence-electron chi connectivity index (χ4n) is 1.70. The Kier molecular flexibility index (Phi) is 1.20. The number of carbonyl (C=O) groups excluding carboxylic acids is 1. The molecule has 1 aliphatic carbocycles. The molecule has 3 nitrogen and oxygen atoms in total. The zero-order chi connectivity index (χ0) is 7.14. The molecule has 1 saturated heterocycles. The third-order valence-electron chi connectivity index (χ3n) is 2.36. The third-order valence-corrected chi connectivity index (χ3v) is 2.36. The van der Waals surface area contributed by atoms with Gasteiger partial charge in [-0.1, -0.05) is 0 Å². The van der Waals surface area contributed by atoms with Gasteiger partial charge in [-0.05, 0) is 12.8 Å². The van der Waals surface area contributed by atoms with Crippen LogP contribution in [-0.2, 0) is 9.53 Å². The van der Waals surface area contributed by atoms with E-state index in [1.54, 1.807) is 0 Å². The Morgan fingerprint density at radius 1 is 1.50 bits per heavy atom. The average molecular weight is 142 g/mol. The van der Waals surface area contributed by atoms with Crippen molar-refractivity contribution < 1.29 is 14.6 Å². The molecule has 2 bridgehead atoms. The SMILES string of the molecule is O=C1O[C@H]2C[C@@H]1CC[C@@H]2O. The molecule has 0 radical (unpaired) electrons. The van der Waals surface area contributed by atoms with Crippen LogP contribution in [0.25, 0.3) is 0 Å². The van der Waals surface area contributed by atoms with E-state index >= 15 is 0 Å². The second kappa shape index (κ2) is 1.95. The van der Waals surface area contributed by atoms with E-state index in [0.717, 1.165) is 19.3 Å². The zero-order valence-corrected chi connectivity index (χ0v) is 5.62. The molecular weight excluding hydrogens is 132 g/mol. The lowest BCUT2D eigenvalue weighted by Crippen LogP contribution is -2.28. The molecule has 0 aromatic rings. The van der Waals surface area contributed by atoms with Crippen LogP contribution in [0.3, 0.4) is 0 Å². The lowest BCUT2D eigenvalue weighted by atomic mass is 9.88. The van der Waals surface area contributed by atoms with E-state index in [-0.39, 0.29) is 18.0 Å². The molecule has 2 fully saturated rings. The van der Waals surface area contributed by atoms with Crippen LogP contribution in [0.5, 0.6) is 0 Å². The van der Waals surface area contributed by atoms with Gasteiger partial charge in [0.1, 0.15) is 6.10 Å². The lowest BCUT2D eigenvalue weighted by Gasteiger charge is -2.19. The Morgan fingerprint density at radius 3 is 3.00 bits per heavy atom. The van der Waals surface area contributed by atoms with Crippen molar-refractivity contribution in [1.82, 2.24) is 0 Å². The summed E-state index contributed by atoms with van der Waals surface area (Å²) in [6.07, 6.45) is 1.67. The summed E-state index contributed by atoms with van der Waals surface area (Å²) in [5.41, 5.74) is 0. The first-order valence-corrected chi connectivity index (χ1v) is 3.66. The predicted molar refractivity (Wildman–Crippen MR) is 33.2 cm³/mol. The minimum Gasteiger partial charge on any atom is -0.459 e. The van der Waals surface area contributed by atoms with Crippen LogP contribution >= 0.6 is 0 Å². The minimum absolute atomic E-state index is 0.0911. The second-order valence-electron chi connectivity index (χ2n) is 3.05. The highest BCUT2D eigenvalue weighted by atomic mass is 16.6. The molecule has 1 saturated carbocycles. The fraction of sp³-hybridized carbons (Fsp3) is 0.857. The van der Waals surface area contributed by atoms with E-state index in [4.69, 9.17) is 4.74 Å². The zero-order valence-electron chi connectivity index (χ0n) is 5.62. The van der Waals surface area contributed by atoms with Gasteiger partial charge in [0.15, 0.2) is 0 Å². The molecule has 2 aliphatic rings. The Labute approximate surface area is 59.0 Å². The maximum absolute atomic E-state index is 10.9. The van der Waals surface area contributed by atoms with Crippen LogP contribution in [0.15, 0.2) is 0 Å². The third kappa shape index (κ3) is 0.736. The number of carbonyl (C=O) groups is 1. The largest absolute Gasteiger partial charge is 0.459 e. The lowest BCUT2D eigenvalue weighted by molar-refractivity contribution is -0.145. The first-order valence-electron chi connectivity index (χ1n) is 3.66. The van der Waals surface area contributed by atoms with Gasteiger partial charge in [-0.3, -0.25) is 4.79 Å². The first kappa shape index (κ1) is 6.16. The maximum Gasteiger partial charge on any atom is 0.309 e. The molecule has 0 aromatic heterocycles. The van der Waals surface area contributed by atoms with Crippen LogP contribution in [0.2, 0.25) is 0 Å². The Hall–Kier alpha value is -0.570. The van der Waals surface area contributed by atoms with Gasteiger partial charge < -0.3 is 9.84 Å². The molecule has 0 unspecified atom stereocenters. The van der Waals surface area contributed by atoms with Crippen molar-refractivity contribution in [2.75, 3.05) is 0 Å². The summed E-state index contributed by atoms with van der Waals surface area (Å²) in [5, 5.41) is 9.24. The summed E-state index contributed by atoms with van der Waals surface area (Å²) < 4.78 is 4.91. The number of aliphatic hydroxyl groups is 1. The molecular formula is C7H10O3. The van der Waals surface area contributed by atoms with Crippen LogP contribution in [-0.4, -0.2) is 23.3 Å². The van der Waals surface area contributed by atoms with Gasteiger partial charge in [0, 0.05) is 6.42 Å². The summed E-state index contributed by atoms with van der Waals surface area (Å²) in [6.45, 7) is 0. The topological polar surface area (TPSA) is 46.5 Å². The average Bonchev–Trinajstić information content (AvgIpc) is 2.21. The highest BCUT2D eigenvalue weighted by Crippen LogP contribution is 2.33. The van der Waals surface area contributed by atoms with Gasteiger partial charge in [-0.25, -0.2) is 0 Å². The molecule has 3 heteroatoms. The number of ether oxygens (including phenoxy) is 1. The van der Waals surface area contributed by atoms with Crippen molar-refractivity contribution in [1.29, 1.82) is 0 Å². The van der Waals surface area contributed by atoms with Crippen molar-refractivity contribution in [2.45, 2.75) is 31.5 Å². The van der Waals surface area contributed by atoms with Crippen LogP contribution in [0, 0.1) is 5.92 Å². The van der Waals surface area contributed by atoms with Crippen LogP contribution < -0.4 is 0 Å². The summed E-state index contributed by atoms with van der Waals surface area (Å²) in [6, 6.07) is 0. The van der Waals surface area contributed by atoms with Crippen molar-refractivity contribution >= 4 is 5.97 Å². The maximum atomic E-state index is 10.9. The van der Waals surface area contributed by atoms with Gasteiger partial charge in [-0.15, -0.1) is 0 Å². The smallest absolute Gasteiger partial charge is 0.309 e. The van der Waals surface area contributed by atoms with Gasteiger partial charge in [0.05, 0.1) is 12.0 Å². The number of hydrogen-bond acceptors (Lipinski definition) is 3. The van der Waals surface area contributed by atoms with E-state index in [0.29, 0.717) is 0 Å². The molecule has 56 valence electrons. The molecule has 10 heavy (non-hydrogen) atoms. The van der Waals surface area contributed by atoms with Gasteiger partial charge in [-0.2, -0.15) is 0 Å². The number of hydrogen-bond donors (Lipinski definition) is 1. The molecule has 1 aliphatic heterocycles. The number of esters is 1. The number of fused-ring (bicyclic) bond motifs is 2. The highest BCUT2D eigenvalue weighted by Gasteiger charge is 2.42. The minimum atomic E-state index is -0.400. The Bertz CT molecular complexity index is 166. The summed E-state index contributed by atoms with van der Waals surface area (Å²) in [4.78, 5) is 10.9. The molecule has 1 heterocycles. The monoisotopic (exact) mass is 142 g/mol. The van der Waals surface area contributed by atoms with Gasteiger partial charge in [0.25, 0.3) is 0 Å². The van der Waals surface area contributed by atoms with E-state index in [1.165, 1.54) is 0 Å². The van der Waals surface area contributed by atoms with Crippen molar-refractivity contribution in [3.63, 3.8) is 0 Å². The number of aliphatic hydroxyl groups excluding tert-OH is 1. The Balaban J connectivity index is 2.15. The van der Waals surface area contributed by atoms with Crippen molar-refractivity contribution in [3.05, 3.63) is 0 Å². The summed E-state index contributed by atoms with van der Waals surface area (Å²) in [5.74, 6) is -0.0186. The van der Waals surface area contributed by atoms with Crippen molar-refractivity contribution in [2.24, 2.45) is 5.92 Å². The molecule has 0 aromatic carbocycles. The van der Waals surface area contributed by atoms with E-state index in [2.05, 4.69) is 0 Å². The van der Waals surface area contributed by atoms with E-state index in [9.17, 15) is 9.90 Å². The molecule has 3 atom stereocenters. The predicted octanol–water partition coefficient (Wildman–Crippen LogP) is 0.0728. The Morgan fingerprint density at radius 2 is 2.30 bits per heavy atom. The van der Waals surface area contributed by atoms with Gasteiger partial charge >= 0.3 is 5.97 Å². The first-order chi connectivity index (χ1) is 4.77. The summed E-state index contributed by atoms with van der Waals surface area (Å²) in [7, 11) is 0. The fourth-order valence-corrected chi connectivity index (χ4v) is 1.70. The molecule has 2 rings (SSSR count). The standard InChI is InChI=1S/C7H10O3/c8-5-2-1-4-3-6(5)10-7(4)9/h4-6,8H,1-3H2/t4-,5-,6-/m0/s1. The molecule has 0 spiro atoms. The number of rotatable bonds is 0. The highest BCUT2D eigenvalue weighted by molar-refractivity contribution is 5.75. The van der Waals surface area contributed by atoms with E-state index < -0.39 is 6.10 Å². The van der Waals surface area contributed by atoms with Crippen LogP contribution in [0.4, 0.5) is 0 Å². The second-order valence-corrected chi connectivity index (χ2v) is 3.05. The van der Waals surface area contributed by atoms with E-state index in [1.807, 2.05) is 0 Å². The van der Waals surface area contributed by atoms with Crippen molar-refractivity contribution in [3.8, 4) is 0 Å². The summed E-state index contributed by atoms with van der Waals surface area (Å²) >= 11 is 0. The molecule has 1 N–H and O–H groups in total. The normalized spacial score (nSPS) is 45.3.